The number of alkyl halides is 1. The van der Waals surface area contributed by atoms with Crippen molar-refractivity contribution in [1.29, 1.82) is 0 Å². The first-order valence-electron chi connectivity index (χ1n) is 6.44. The number of hydrogen-bond donors (Lipinski definition) is 0. The van der Waals surface area contributed by atoms with Crippen molar-refractivity contribution in [2.75, 3.05) is 11.9 Å². The van der Waals surface area contributed by atoms with Crippen LogP contribution in [-0.2, 0) is 6.54 Å². The third-order valence-electron chi connectivity index (χ3n) is 3.60. The van der Waals surface area contributed by atoms with Crippen LogP contribution in [0.5, 0.6) is 0 Å². The highest BCUT2D eigenvalue weighted by Gasteiger charge is 2.22. The van der Waals surface area contributed by atoms with Gasteiger partial charge in [-0.1, -0.05) is 58.0 Å². The molecular formula is C14H18BrCl2N. The Morgan fingerprint density at radius 2 is 1.94 bits per heavy atom. The minimum absolute atomic E-state index is 0.705. The maximum atomic E-state index is 6.26. The molecule has 1 aliphatic carbocycles. The van der Waals surface area contributed by atoms with E-state index in [-0.39, 0.29) is 0 Å². The maximum Gasteiger partial charge on any atom is 0.0465 e. The molecule has 0 bridgehead atoms. The van der Waals surface area contributed by atoms with Crippen LogP contribution in [0.1, 0.15) is 31.2 Å². The average Bonchev–Trinajstić information content (AvgIpc) is 2.85. The summed E-state index contributed by atoms with van der Waals surface area (Å²) in [6, 6.07) is 6.51. The molecule has 1 saturated carbocycles. The van der Waals surface area contributed by atoms with Gasteiger partial charge in [0.25, 0.3) is 0 Å². The number of halogens is 3. The minimum Gasteiger partial charge on any atom is -0.295 e. The molecule has 0 saturated heterocycles. The van der Waals surface area contributed by atoms with Gasteiger partial charge < -0.3 is 0 Å². The molecule has 1 aromatic carbocycles. The van der Waals surface area contributed by atoms with Crippen LogP contribution in [0.25, 0.3) is 0 Å². The van der Waals surface area contributed by atoms with E-state index < -0.39 is 0 Å². The quantitative estimate of drug-likeness (QED) is 0.665. The largest absolute Gasteiger partial charge is 0.295 e. The molecule has 0 amide bonds. The molecular weight excluding hydrogens is 333 g/mol. The lowest BCUT2D eigenvalue weighted by molar-refractivity contribution is 0.202. The van der Waals surface area contributed by atoms with Gasteiger partial charge in [0.15, 0.2) is 0 Å². The molecule has 0 heterocycles. The monoisotopic (exact) mass is 349 g/mol. The number of benzene rings is 1. The van der Waals surface area contributed by atoms with Gasteiger partial charge in [-0.25, -0.2) is 0 Å². The molecule has 1 fully saturated rings. The van der Waals surface area contributed by atoms with E-state index in [1.165, 1.54) is 31.2 Å². The Balaban J connectivity index is 2.07. The summed E-state index contributed by atoms with van der Waals surface area (Å²) in [5.74, 6) is 0. The fourth-order valence-electron chi connectivity index (χ4n) is 2.64. The van der Waals surface area contributed by atoms with Crippen LogP contribution in [0, 0.1) is 0 Å². The SMILES string of the molecule is Clc1ccc(CN(CCBr)C2CCCC2)c(Cl)c1. The topological polar surface area (TPSA) is 3.24 Å². The van der Waals surface area contributed by atoms with Crippen molar-refractivity contribution in [2.45, 2.75) is 38.3 Å². The predicted molar refractivity (Wildman–Crippen MR) is 82.9 cm³/mol. The average molecular weight is 351 g/mol. The van der Waals surface area contributed by atoms with Crippen molar-refractivity contribution in [3.63, 3.8) is 0 Å². The zero-order valence-corrected chi connectivity index (χ0v) is 13.4. The standard InChI is InChI=1S/C14H18BrCl2N/c15-7-8-18(13-3-1-2-4-13)10-11-5-6-12(16)9-14(11)17/h5-6,9,13H,1-4,7-8,10H2. The third-order valence-corrected chi connectivity index (χ3v) is 4.54. The van der Waals surface area contributed by atoms with E-state index in [9.17, 15) is 0 Å². The van der Waals surface area contributed by atoms with Crippen molar-refractivity contribution >= 4 is 39.1 Å². The summed E-state index contributed by atoms with van der Waals surface area (Å²) < 4.78 is 0. The lowest BCUT2D eigenvalue weighted by Gasteiger charge is -2.28. The Kier molecular flexibility index (Phi) is 5.81. The van der Waals surface area contributed by atoms with Gasteiger partial charge in [0, 0.05) is 34.5 Å². The van der Waals surface area contributed by atoms with Crippen molar-refractivity contribution < 1.29 is 0 Å². The van der Waals surface area contributed by atoms with Gasteiger partial charge in [-0.15, -0.1) is 0 Å². The zero-order valence-electron chi connectivity index (χ0n) is 10.3. The summed E-state index contributed by atoms with van der Waals surface area (Å²) in [7, 11) is 0. The van der Waals surface area contributed by atoms with Crippen molar-refractivity contribution in [3.8, 4) is 0 Å². The summed E-state index contributed by atoms with van der Waals surface area (Å²) >= 11 is 15.7. The van der Waals surface area contributed by atoms with Gasteiger partial charge in [0.05, 0.1) is 0 Å². The Morgan fingerprint density at radius 1 is 1.22 bits per heavy atom. The molecule has 1 aliphatic rings. The lowest BCUT2D eigenvalue weighted by atomic mass is 10.1. The van der Waals surface area contributed by atoms with Gasteiger partial charge in [0.1, 0.15) is 0 Å². The van der Waals surface area contributed by atoms with Crippen molar-refractivity contribution in [3.05, 3.63) is 33.8 Å². The van der Waals surface area contributed by atoms with E-state index in [1.54, 1.807) is 0 Å². The second-order valence-electron chi connectivity index (χ2n) is 4.83. The molecule has 1 nitrogen and oxygen atoms in total. The van der Waals surface area contributed by atoms with Crippen LogP contribution in [0.3, 0.4) is 0 Å². The smallest absolute Gasteiger partial charge is 0.0465 e. The Labute approximate surface area is 128 Å². The van der Waals surface area contributed by atoms with Crippen LogP contribution < -0.4 is 0 Å². The highest BCUT2D eigenvalue weighted by molar-refractivity contribution is 9.09. The number of nitrogens with zero attached hydrogens (tertiary/aromatic N) is 1. The Hall–Kier alpha value is 0.240. The fourth-order valence-corrected chi connectivity index (χ4v) is 3.56. The van der Waals surface area contributed by atoms with E-state index in [2.05, 4.69) is 20.8 Å². The molecule has 0 N–H and O–H groups in total. The highest BCUT2D eigenvalue weighted by Crippen LogP contribution is 2.27. The molecule has 0 radical (unpaired) electrons. The Morgan fingerprint density at radius 3 is 2.56 bits per heavy atom. The summed E-state index contributed by atoms with van der Waals surface area (Å²) in [5, 5.41) is 2.49. The minimum atomic E-state index is 0.705. The fraction of sp³-hybridized carbons (Fsp3) is 0.571. The summed E-state index contributed by atoms with van der Waals surface area (Å²) in [6.45, 7) is 2.00. The van der Waals surface area contributed by atoms with Gasteiger partial charge in [-0.3, -0.25) is 4.90 Å². The summed E-state index contributed by atoms with van der Waals surface area (Å²) in [4.78, 5) is 2.54. The molecule has 18 heavy (non-hydrogen) atoms. The van der Waals surface area contributed by atoms with Crippen LogP contribution in [0.15, 0.2) is 18.2 Å². The van der Waals surface area contributed by atoms with Crippen LogP contribution in [0.2, 0.25) is 10.0 Å². The molecule has 0 aliphatic heterocycles. The van der Waals surface area contributed by atoms with E-state index >= 15 is 0 Å². The van der Waals surface area contributed by atoms with Crippen LogP contribution in [0.4, 0.5) is 0 Å². The van der Waals surface area contributed by atoms with Gasteiger partial charge in [-0.2, -0.15) is 0 Å². The third kappa shape index (κ3) is 3.86. The van der Waals surface area contributed by atoms with Crippen molar-refractivity contribution in [2.24, 2.45) is 0 Å². The second kappa shape index (κ2) is 7.14. The van der Waals surface area contributed by atoms with Gasteiger partial charge in [-0.05, 0) is 30.5 Å². The first kappa shape index (κ1) is 14.6. The molecule has 0 aromatic heterocycles. The molecule has 0 spiro atoms. The normalized spacial score (nSPS) is 16.7. The molecule has 4 heteroatoms. The molecule has 0 atom stereocenters. The molecule has 0 unspecified atom stereocenters. The summed E-state index contributed by atoms with van der Waals surface area (Å²) in [5.41, 5.74) is 1.17. The van der Waals surface area contributed by atoms with Gasteiger partial charge >= 0.3 is 0 Å². The molecule has 100 valence electrons. The van der Waals surface area contributed by atoms with E-state index in [4.69, 9.17) is 23.2 Å². The van der Waals surface area contributed by atoms with Crippen LogP contribution >= 0.6 is 39.1 Å². The highest BCUT2D eigenvalue weighted by atomic mass is 79.9. The molecule has 1 aromatic rings. The molecule has 2 rings (SSSR count). The van der Waals surface area contributed by atoms with Crippen LogP contribution in [-0.4, -0.2) is 22.8 Å². The van der Waals surface area contributed by atoms with E-state index in [0.29, 0.717) is 11.1 Å². The Bertz CT molecular complexity index is 391. The van der Waals surface area contributed by atoms with Gasteiger partial charge in [0.2, 0.25) is 0 Å². The van der Waals surface area contributed by atoms with Crippen molar-refractivity contribution in [1.82, 2.24) is 4.90 Å². The number of hydrogen-bond acceptors (Lipinski definition) is 1. The predicted octanol–water partition coefficient (Wildman–Crippen LogP) is 5.13. The first-order valence-corrected chi connectivity index (χ1v) is 8.32. The van der Waals surface area contributed by atoms with E-state index in [1.807, 2.05) is 18.2 Å². The lowest BCUT2D eigenvalue weighted by Crippen LogP contribution is -2.34. The maximum absolute atomic E-state index is 6.26. The second-order valence-corrected chi connectivity index (χ2v) is 6.47. The first-order chi connectivity index (χ1) is 8.70. The number of rotatable bonds is 5. The van der Waals surface area contributed by atoms with E-state index in [0.717, 1.165) is 23.4 Å². The zero-order chi connectivity index (χ0) is 13.0. The summed E-state index contributed by atoms with van der Waals surface area (Å²) in [6.07, 6.45) is 5.35.